The van der Waals surface area contributed by atoms with E-state index in [2.05, 4.69) is 16.0 Å². The number of hydrogen-bond donors (Lipinski definition) is 2. The van der Waals surface area contributed by atoms with Gasteiger partial charge in [0.2, 0.25) is 0 Å². The van der Waals surface area contributed by atoms with Crippen LogP contribution in [0, 0.1) is 4.91 Å². The van der Waals surface area contributed by atoms with E-state index in [1.54, 1.807) is 11.0 Å². The normalized spacial score (nSPS) is 14.8. The molecule has 0 spiro atoms. The molecule has 0 aliphatic carbocycles. The molecule has 0 radical (unpaired) electrons. The highest BCUT2D eigenvalue weighted by Gasteiger charge is 2.20. The van der Waals surface area contributed by atoms with E-state index in [1.165, 1.54) is 11.3 Å². The standard InChI is InChI=1S/C20H24N4O5S/c1-2-17-7-8-18(30-17)20(26)22-12-16(29-23-27)11-21-14-3-5-15(6-4-14)24-9-10-28-13-19(24)25/h3-8,16,21H,2,9-13H2,1H3,(H,22,26)/t16-/m1/s1. The molecule has 1 aromatic heterocycles. The minimum atomic E-state index is -0.627. The summed E-state index contributed by atoms with van der Waals surface area (Å²) in [5.41, 5.74) is 1.59. The van der Waals surface area contributed by atoms with Crippen LogP contribution in [0.15, 0.2) is 41.7 Å². The number of nitrogens with one attached hydrogen (secondary N) is 2. The van der Waals surface area contributed by atoms with Gasteiger partial charge < -0.3 is 25.1 Å². The fraction of sp³-hybridized carbons (Fsp3) is 0.400. The van der Waals surface area contributed by atoms with Gasteiger partial charge in [0.1, 0.15) is 6.61 Å². The molecule has 1 aliphatic heterocycles. The van der Waals surface area contributed by atoms with Crippen molar-refractivity contribution < 1.29 is 19.2 Å². The molecule has 0 bridgehead atoms. The Balaban J connectivity index is 1.50. The Morgan fingerprint density at radius 1 is 1.27 bits per heavy atom. The van der Waals surface area contributed by atoms with Gasteiger partial charge in [-0.2, -0.15) is 0 Å². The van der Waals surface area contributed by atoms with Crippen molar-refractivity contribution in [2.75, 3.05) is 43.1 Å². The quantitative estimate of drug-likeness (QED) is 0.441. The topological polar surface area (TPSA) is 109 Å². The van der Waals surface area contributed by atoms with E-state index in [-0.39, 0.29) is 31.5 Å². The summed E-state index contributed by atoms with van der Waals surface area (Å²) in [5, 5.41) is 8.42. The van der Waals surface area contributed by atoms with Gasteiger partial charge in [-0.05, 0) is 42.8 Å². The van der Waals surface area contributed by atoms with E-state index in [0.717, 1.165) is 22.7 Å². The second kappa shape index (κ2) is 10.7. The first-order valence-electron chi connectivity index (χ1n) is 9.68. The molecule has 0 saturated carbocycles. The van der Waals surface area contributed by atoms with Crippen LogP contribution in [0.1, 0.15) is 21.5 Å². The minimum Gasteiger partial charge on any atom is -0.381 e. The Bertz CT molecular complexity index is 870. The summed E-state index contributed by atoms with van der Waals surface area (Å²) in [6.45, 7) is 3.57. The van der Waals surface area contributed by atoms with Crippen LogP contribution >= 0.6 is 11.3 Å². The van der Waals surface area contributed by atoms with E-state index in [1.807, 2.05) is 37.3 Å². The molecule has 1 aliphatic rings. The zero-order valence-electron chi connectivity index (χ0n) is 16.6. The number of rotatable bonds is 10. The molecule has 10 heteroatoms. The maximum Gasteiger partial charge on any atom is 0.261 e. The summed E-state index contributed by atoms with van der Waals surface area (Å²) < 4.78 is 5.14. The van der Waals surface area contributed by atoms with Crippen LogP contribution in [0.2, 0.25) is 0 Å². The Kier molecular flexibility index (Phi) is 7.75. The van der Waals surface area contributed by atoms with Gasteiger partial charge in [-0.3, -0.25) is 9.59 Å². The zero-order chi connectivity index (χ0) is 21.3. The van der Waals surface area contributed by atoms with Gasteiger partial charge in [0.25, 0.3) is 11.8 Å². The maximum absolute atomic E-state index is 12.2. The van der Waals surface area contributed by atoms with Crippen LogP contribution in [0.5, 0.6) is 0 Å². The largest absolute Gasteiger partial charge is 0.381 e. The lowest BCUT2D eigenvalue weighted by atomic mass is 10.2. The third kappa shape index (κ3) is 5.77. The number of carbonyl (C=O) groups is 2. The van der Waals surface area contributed by atoms with Gasteiger partial charge in [-0.15, -0.1) is 16.2 Å². The molecule has 2 aromatic rings. The summed E-state index contributed by atoms with van der Waals surface area (Å²) in [5.74, 6) is -0.279. The summed E-state index contributed by atoms with van der Waals surface area (Å²) in [6, 6.07) is 11.1. The molecule has 2 heterocycles. The Morgan fingerprint density at radius 3 is 2.73 bits per heavy atom. The van der Waals surface area contributed by atoms with E-state index < -0.39 is 6.10 Å². The second-order valence-corrected chi connectivity index (χ2v) is 7.83. The molecule has 1 saturated heterocycles. The molecule has 2 amide bonds. The smallest absolute Gasteiger partial charge is 0.261 e. The Labute approximate surface area is 178 Å². The summed E-state index contributed by atoms with van der Waals surface area (Å²) in [7, 11) is 0. The van der Waals surface area contributed by atoms with Gasteiger partial charge in [0, 0.05) is 22.8 Å². The number of nitrogens with zero attached hydrogens (tertiary/aromatic N) is 2. The molecular weight excluding hydrogens is 408 g/mol. The first-order valence-corrected chi connectivity index (χ1v) is 10.5. The summed E-state index contributed by atoms with van der Waals surface area (Å²) in [6.07, 6.45) is 0.249. The van der Waals surface area contributed by atoms with Crippen LogP contribution < -0.4 is 15.5 Å². The average molecular weight is 433 g/mol. The molecular formula is C20H24N4O5S. The van der Waals surface area contributed by atoms with Crippen molar-refractivity contribution in [1.29, 1.82) is 0 Å². The Morgan fingerprint density at radius 2 is 2.07 bits per heavy atom. The van der Waals surface area contributed by atoms with E-state index >= 15 is 0 Å². The highest BCUT2D eigenvalue weighted by molar-refractivity contribution is 7.14. The third-order valence-electron chi connectivity index (χ3n) is 4.61. The highest BCUT2D eigenvalue weighted by Crippen LogP contribution is 2.20. The molecule has 2 N–H and O–H groups in total. The minimum absolute atomic E-state index is 0.0694. The second-order valence-electron chi connectivity index (χ2n) is 6.66. The highest BCUT2D eigenvalue weighted by atomic mass is 32.1. The first-order chi connectivity index (χ1) is 14.6. The maximum atomic E-state index is 12.2. The van der Waals surface area contributed by atoms with Crippen LogP contribution in [-0.2, 0) is 20.8 Å². The van der Waals surface area contributed by atoms with Crippen LogP contribution in [0.3, 0.4) is 0 Å². The molecule has 3 rings (SSSR count). The lowest BCUT2D eigenvalue weighted by molar-refractivity contribution is -0.125. The van der Waals surface area contributed by atoms with Gasteiger partial charge >= 0.3 is 0 Å². The van der Waals surface area contributed by atoms with Crippen LogP contribution in [0.4, 0.5) is 11.4 Å². The first kappa shape index (κ1) is 21.7. The third-order valence-corrected chi connectivity index (χ3v) is 5.84. The summed E-state index contributed by atoms with van der Waals surface area (Å²) in [4.78, 5) is 43.0. The number of hydrogen-bond acceptors (Lipinski definition) is 8. The van der Waals surface area contributed by atoms with Crippen molar-refractivity contribution in [2.24, 2.45) is 5.34 Å². The number of thiophene rings is 1. The van der Waals surface area contributed by atoms with Crippen molar-refractivity contribution in [1.82, 2.24) is 5.32 Å². The number of anilines is 2. The van der Waals surface area contributed by atoms with Crippen molar-refractivity contribution in [3.05, 3.63) is 51.1 Å². The lowest BCUT2D eigenvalue weighted by Crippen LogP contribution is -2.41. The predicted octanol–water partition coefficient (Wildman–Crippen LogP) is 2.58. The van der Waals surface area contributed by atoms with E-state index in [9.17, 15) is 14.5 Å². The molecule has 160 valence electrons. The number of carbonyl (C=O) groups excluding carboxylic acids is 2. The van der Waals surface area contributed by atoms with Crippen molar-refractivity contribution >= 4 is 34.5 Å². The molecule has 0 unspecified atom stereocenters. The van der Waals surface area contributed by atoms with E-state index in [4.69, 9.17) is 9.57 Å². The zero-order valence-corrected chi connectivity index (χ0v) is 17.4. The van der Waals surface area contributed by atoms with Gasteiger partial charge in [-0.25, -0.2) is 0 Å². The van der Waals surface area contributed by atoms with E-state index in [0.29, 0.717) is 18.0 Å². The fourth-order valence-corrected chi connectivity index (χ4v) is 3.84. The predicted molar refractivity (Wildman–Crippen MR) is 115 cm³/mol. The summed E-state index contributed by atoms with van der Waals surface area (Å²) >= 11 is 1.44. The molecule has 1 fully saturated rings. The van der Waals surface area contributed by atoms with Gasteiger partial charge in [0.15, 0.2) is 11.4 Å². The molecule has 1 aromatic carbocycles. The van der Waals surface area contributed by atoms with Crippen LogP contribution in [-0.4, -0.2) is 50.8 Å². The van der Waals surface area contributed by atoms with Crippen molar-refractivity contribution in [3.63, 3.8) is 0 Å². The van der Waals surface area contributed by atoms with Gasteiger partial charge in [0.05, 0.1) is 24.6 Å². The molecule has 9 nitrogen and oxygen atoms in total. The number of aryl methyl sites for hydroxylation is 1. The SMILES string of the molecule is CCc1ccc(C(=O)NC[C@@H](CNc2ccc(N3CCOCC3=O)cc2)ON=O)s1. The average Bonchev–Trinajstić information content (AvgIpc) is 3.26. The van der Waals surface area contributed by atoms with Crippen molar-refractivity contribution in [2.45, 2.75) is 19.4 Å². The monoisotopic (exact) mass is 432 g/mol. The van der Waals surface area contributed by atoms with Crippen LogP contribution in [0.25, 0.3) is 0 Å². The fourth-order valence-electron chi connectivity index (χ4n) is 2.97. The van der Waals surface area contributed by atoms with Gasteiger partial charge in [-0.1, -0.05) is 6.92 Å². The molecule has 1 atom stereocenters. The lowest BCUT2D eigenvalue weighted by Gasteiger charge is -2.27. The molecule has 30 heavy (non-hydrogen) atoms. The number of benzene rings is 1. The number of morpholine rings is 1. The van der Waals surface area contributed by atoms with Crippen molar-refractivity contribution in [3.8, 4) is 0 Å². The number of amides is 2. The number of ether oxygens (including phenoxy) is 1. The Hall–Kier alpha value is -2.98.